The molecule has 2 aromatic rings. The lowest BCUT2D eigenvalue weighted by Crippen LogP contribution is -2.18. The highest BCUT2D eigenvalue weighted by molar-refractivity contribution is 5.72. The predicted molar refractivity (Wildman–Crippen MR) is 60.1 cm³/mol. The number of imidazole rings is 1. The molecule has 0 aliphatic carbocycles. The predicted octanol–water partition coefficient (Wildman–Crippen LogP) is 1.20. The molecule has 2 aromatic heterocycles. The van der Waals surface area contributed by atoms with Gasteiger partial charge in [0.2, 0.25) is 0 Å². The summed E-state index contributed by atoms with van der Waals surface area (Å²) >= 11 is 0. The summed E-state index contributed by atoms with van der Waals surface area (Å²) in [6.07, 6.45) is 0. The Morgan fingerprint density at radius 3 is 2.67 bits per heavy atom. The maximum absolute atomic E-state index is 5.99. The summed E-state index contributed by atoms with van der Waals surface area (Å²) in [6.45, 7) is 4.11. The summed E-state index contributed by atoms with van der Waals surface area (Å²) in [7, 11) is 0. The SMILES string of the molecule is CC(C)C(N)c1nc2nc(N)ccc2[nH]1. The highest BCUT2D eigenvalue weighted by Crippen LogP contribution is 2.19. The molecular weight excluding hydrogens is 190 g/mol. The lowest BCUT2D eigenvalue weighted by molar-refractivity contribution is 0.495. The van der Waals surface area contributed by atoms with Crippen molar-refractivity contribution in [1.29, 1.82) is 0 Å². The number of fused-ring (bicyclic) bond motifs is 1. The van der Waals surface area contributed by atoms with Crippen LogP contribution in [-0.2, 0) is 0 Å². The number of nitrogens with one attached hydrogen (secondary N) is 1. The highest BCUT2D eigenvalue weighted by Gasteiger charge is 2.15. The molecule has 2 heterocycles. The Kier molecular flexibility index (Phi) is 2.32. The van der Waals surface area contributed by atoms with Crippen molar-refractivity contribution in [3.63, 3.8) is 0 Å². The Labute approximate surface area is 87.9 Å². The fourth-order valence-corrected chi connectivity index (χ4v) is 1.40. The first-order chi connectivity index (χ1) is 7.08. The number of aromatic nitrogens is 3. The summed E-state index contributed by atoms with van der Waals surface area (Å²) in [4.78, 5) is 11.6. The van der Waals surface area contributed by atoms with Crippen LogP contribution in [0.3, 0.4) is 0 Å². The molecule has 0 spiro atoms. The Morgan fingerprint density at radius 2 is 2.00 bits per heavy atom. The average molecular weight is 205 g/mol. The number of hydrogen-bond acceptors (Lipinski definition) is 4. The first kappa shape index (κ1) is 9.92. The van der Waals surface area contributed by atoms with Crippen molar-refractivity contribution in [2.75, 3.05) is 5.73 Å². The van der Waals surface area contributed by atoms with E-state index in [-0.39, 0.29) is 6.04 Å². The van der Waals surface area contributed by atoms with Gasteiger partial charge < -0.3 is 16.5 Å². The topological polar surface area (TPSA) is 93.6 Å². The molecule has 2 rings (SSSR count). The molecule has 0 aliphatic rings. The molecule has 0 radical (unpaired) electrons. The van der Waals surface area contributed by atoms with Gasteiger partial charge in [-0.2, -0.15) is 0 Å². The molecule has 15 heavy (non-hydrogen) atoms. The standard InChI is InChI=1S/C10H15N5/c1-5(2)8(12)10-13-6-3-4-7(11)14-9(6)15-10/h3-5,8H,12H2,1-2H3,(H3,11,13,14,15). The fourth-order valence-electron chi connectivity index (χ4n) is 1.40. The van der Waals surface area contributed by atoms with E-state index in [1.807, 2.05) is 6.07 Å². The van der Waals surface area contributed by atoms with Crippen LogP contribution in [0.2, 0.25) is 0 Å². The third-order valence-corrected chi connectivity index (χ3v) is 2.42. The molecule has 0 aromatic carbocycles. The van der Waals surface area contributed by atoms with Gasteiger partial charge in [-0.15, -0.1) is 0 Å². The van der Waals surface area contributed by atoms with Crippen molar-refractivity contribution >= 4 is 17.0 Å². The lowest BCUT2D eigenvalue weighted by atomic mass is 10.1. The quantitative estimate of drug-likeness (QED) is 0.686. The van der Waals surface area contributed by atoms with E-state index in [1.165, 1.54) is 0 Å². The third-order valence-electron chi connectivity index (χ3n) is 2.42. The smallest absolute Gasteiger partial charge is 0.179 e. The zero-order chi connectivity index (χ0) is 11.0. The van der Waals surface area contributed by atoms with Crippen molar-refractivity contribution in [1.82, 2.24) is 15.0 Å². The van der Waals surface area contributed by atoms with Crippen molar-refractivity contribution in [2.24, 2.45) is 11.7 Å². The minimum Gasteiger partial charge on any atom is -0.384 e. The third kappa shape index (κ3) is 1.78. The molecule has 5 N–H and O–H groups in total. The fraction of sp³-hybridized carbons (Fsp3) is 0.400. The molecule has 0 aliphatic heterocycles. The van der Waals surface area contributed by atoms with Gasteiger partial charge in [0.1, 0.15) is 11.6 Å². The number of hydrogen-bond donors (Lipinski definition) is 3. The molecule has 80 valence electrons. The first-order valence-electron chi connectivity index (χ1n) is 4.95. The summed E-state index contributed by atoms with van der Waals surface area (Å²) in [5.74, 6) is 1.57. The summed E-state index contributed by atoms with van der Waals surface area (Å²) in [6, 6.07) is 3.51. The Morgan fingerprint density at radius 1 is 1.27 bits per heavy atom. The van der Waals surface area contributed by atoms with Gasteiger partial charge in [0.25, 0.3) is 0 Å². The Balaban J connectivity index is 2.47. The van der Waals surface area contributed by atoms with Crippen LogP contribution in [-0.4, -0.2) is 15.0 Å². The van der Waals surface area contributed by atoms with Gasteiger partial charge in [0, 0.05) is 0 Å². The number of rotatable bonds is 2. The molecule has 0 fully saturated rings. The maximum atomic E-state index is 5.99. The number of nitrogens with zero attached hydrogens (tertiary/aromatic N) is 2. The van der Waals surface area contributed by atoms with Crippen LogP contribution < -0.4 is 11.5 Å². The number of H-pyrrole nitrogens is 1. The number of nitrogens with two attached hydrogens (primary N) is 2. The van der Waals surface area contributed by atoms with E-state index in [0.29, 0.717) is 17.4 Å². The largest absolute Gasteiger partial charge is 0.384 e. The zero-order valence-corrected chi connectivity index (χ0v) is 8.86. The lowest BCUT2D eigenvalue weighted by Gasteiger charge is -2.11. The average Bonchev–Trinajstić information content (AvgIpc) is 2.58. The van der Waals surface area contributed by atoms with E-state index in [2.05, 4.69) is 28.8 Å². The zero-order valence-electron chi connectivity index (χ0n) is 8.86. The van der Waals surface area contributed by atoms with E-state index in [1.54, 1.807) is 6.07 Å². The normalized spacial score (nSPS) is 13.6. The first-order valence-corrected chi connectivity index (χ1v) is 4.95. The molecular formula is C10H15N5. The van der Waals surface area contributed by atoms with Crippen LogP contribution in [0.4, 0.5) is 5.82 Å². The van der Waals surface area contributed by atoms with Crippen LogP contribution >= 0.6 is 0 Å². The Hall–Kier alpha value is -1.62. The number of pyridine rings is 1. The van der Waals surface area contributed by atoms with E-state index in [9.17, 15) is 0 Å². The summed E-state index contributed by atoms with van der Waals surface area (Å²) in [5, 5.41) is 0. The van der Waals surface area contributed by atoms with Gasteiger partial charge in [-0.1, -0.05) is 13.8 Å². The van der Waals surface area contributed by atoms with Gasteiger partial charge >= 0.3 is 0 Å². The summed E-state index contributed by atoms with van der Waals surface area (Å²) in [5.41, 5.74) is 13.1. The second-order valence-corrected chi connectivity index (χ2v) is 4.00. The summed E-state index contributed by atoms with van der Waals surface area (Å²) < 4.78 is 0. The minimum atomic E-state index is -0.0968. The van der Waals surface area contributed by atoms with Crippen molar-refractivity contribution in [2.45, 2.75) is 19.9 Å². The number of nitrogen functional groups attached to an aromatic ring is 1. The molecule has 0 bridgehead atoms. The van der Waals surface area contributed by atoms with E-state index in [4.69, 9.17) is 11.5 Å². The Bertz CT molecular complexity index is 474. The van der Waals surface area contributed by atoms with Crippen LogP contribution in [0.25, 0.3) is 11.2 Å². The van der Waals surface area contributed by atoms with Gasteiger partial charge in [0.05, 0.1) is 11.6 Å². The second-order valence-electron chi connectivity index (χ2n) is 4.00. The van der Waals surface area contributed by atoms with Gasteiger partial charge in [-0.3, -0.25) is 0 Å². The molecule has 0 saturated carbocycles. The van der Waals surface area contributed by atoms with Crippen LogP contribution in [0, 0.1) is 5.92 Å². The molecule has 0 saturated heterocycles. The minimum absolute atomic E-state index is 0.0968. The van der Waals surface area contributed by atoms with E-state index < -0.39 is 0 Å². The van der Waals surface area contributed by atoms with Gasteiger partial charge in [-0.05, 0) is 18.1 Å². The molecule has 5 nitrogen and oxygen atoms in total. The van der Waals surface area contributed by atoms with Crippen LogP contribution in [0.5, 0.6) is 0 Å². The van der Waals surface area contributed by atoms with Gasteiger partial charge in [-0.25, -0.2) is 9.97 Å². The number of anilines is 1. The maximum Gasteiger partial charge on any atom is 0.179 e. The molecule has 1 atom stereocenters. The van der Waals surface area contributed by atoms with Crippen LogP contribution in [0.15, 0.2) is 12.1 Å². The van der Waals surface area contributed by atoms with Crippen molar-refractivity contribution in [3.8, 4) is 0 Å². The van der Waals surface area contributed by atoms with Crippen molar-refractivity contribution < 1.29 is 0 Å². The van der Waals surface area contributed by atoms with Gasteiger partial charge in [0.15, 0.2) is 5.65 Å². The monoisotopic (exact) mass is 205 g/mol. The van der Waals surface area contributed by atoms with E-state index in [0.717, 1.165) is 11.3 Å². The van der Waals surface area contributed by atoms with Crippen LogP contribution in [0.1, 0.15) is 25.7 Å². The second kappa shape index (κ2) is 3.51. The molecule has 5 heteroatoms. The molecule has 0 amide bonds. The molecule has 1 unspecified atom stereocenters. The van der Waals surface area contributed by atoms with E-state index >= 15 is 0 Å². The number of aromatic amines is 1. The highest BCUT2D eigenvalue weighted by atomic mass is 15.0. The van der Waals surface area contributed by atoms with Crippen molar-refractivity contribution in [3.05, 3.63) is 18.0 Å².